The lowest BCUT2D eigenvalue weighted by atomic mass is 10.2. The smallest absolute Gasteiger partial charge is 0.150 e. The zero-order chi connectivity index (χ0) is 11.8. The molecule has 0 saturated carbocycles. The molecule has 0 atom stereocenters. The van der Waals surface area contributed by atoms with Crippen molar-refractivity contribution in [3.8, 4) is 5.75 Å². The number of aldehydes is 1. The van der Waals surface area contributed by atoms with Gasteiger partial charge in [-0.25, -0.2) is 4.39 Å². The van der Waals surface area contributed by atoms with Crippen molar-refractivity contribution in [2.45, 2.75) is 12.8 Å². The third kappa shape index (κ3) is 4.40. The molecule has 0 aliphatic rings. The third-order valence-electron chi connectivity index (χ3n) is 2.04. The van der Waals surface area contributed by atoms with Crippen molar-refractivity contribution in [3.05, 3.63) is 29.6 Å². The van der Waals surface area contributed by atoms with Gasteiger partial charge < -0.3 is 9.47 Å². The topological polar surface area (TPSA) is 35.5 Å². The first kappa shape index (κ1) is 12.6. The van der Waals surface area contributed by atoms with Crippen LogP contribution in [0.2, 0.25) is 0 Å². The maximum Gasteiger partial charge on any atom is 0.150 e. The van der Waals surface area contributed by atoms with E-state index >= 15 is 0 Å². The van der Waals surface area contributed by atoms with Crippen molar-refractivity contribution in [1.29, 1.82) is 0 Å². The summed E-state index contributed by atoms with van der Waals surface area (Å²) in [5.41, 5.74) is 0.284. The predicted molar refractivity (Wildman–Crippen MR) is 58.4 cm³/mol. The van der Waals surface area contributed by atoms with Crippen molar-refractivity contribution in [2.75, 3.05) is 20.3 Å². The molecule has 0 radical (unpaired) electrons. The summed E-state index contributed by atoms with van der Waals surface area (Å²) in [7, 11) is 1.64. The molecule has 0 N–H and O–H groups in total. The van der Waals surface area contributed by atoms with E-state index in [1.807, 2.05) is 0 Å². The SMILES string of the molecule is COCCCCOc1cc(F)cc(C=O)c1. The molecule has 88 valence electrons. The first-order valence-electron chi connectivity index (χ1n) is 5.14. The fraction of sp³-hybridized carbons (Fsp3) is 0.417. The van der Waals surface area contributed by atoms with Crippen LogP contribution in [0.4, 0.5) is 4.39 Å². The minimum absolute atomic E-state index is 0.284. The molecule has 0 bridgehead atoms. The van der Waals surface area contributed by atoms with E-state index in [0.29, 0.717) is 25.2 Å². The molecule has 0 heterocycles. The van der Waals surface area contributed by atoms with E-state index < -0.39 is 5.82 Å². The fourth-order valence-electron chi connectivity index (χ4n) is 1.27. The van der Waals surface area contributed by atoms with Gasteiger partial charge in [-0.15, -0.1) is 0 Å². The van der Waals surface area contributed by atoms with Gasteiger partial charge in [0.15, 0.2) is 0 Å². The quantitative estimate of drug-likeness (QED) is 0.529. The van der Waals surface area contributed by atoms with Crippen LogP contribution in [0.25, 0.3) is 0 Å². The number of halogens is 1. The highest BCUT2D eigenvalue weighted by atomic mass is 19.1. The molecule has 1 aromatic carbocycles. The van der Waals surface area contributed by atoms with E-state index in [0.717, 1.165) is 12.8 Å². The van der Waals surface area contributed by atoms with Gasteiger partial charge in [-0.3, -0.25) is 4.79 Å². The Morgan fingerprint density at radius 3 is 2.69 bits per heavy atom. The Morgan fingerprint density at radius 1 is 1.25 bits per heavy atom. The summed E-state index contributed by atoms with van der Waals surface area (Å²) >= 11 is 0. The van der Waals surface area contributed by atoms with Crippen molar-refractivity contribution < 1.29 is 18.7 Å². The van der Waals surface area contributed by atoms with Gasteiger partial charge in [0.2, 0.25) is 0 Å². The lowest BCUT2D eigenvalue weighted by Crippen LogP contribution is -2.00. The molecule has 0 spiro atoms. The molecule has 0 unspecified atom stereocenters. The van der Waals surface area contributed by atoms with Gasteiger partial charge in [0, 0.05) is 25.3 Å². The van der Waals surface area contributed by atoms with E-state index in [9.17, 15) is 9.18 Å². The summed E-state index contributed by atoms with van der Waals surface area (Å²) in [5, 5.41) is 0. The van der Waals surface area contributed by atoms with Crippen LogP contribution >= 0.6 is 0 Å². The summed E-state index contributed by atoms with van der Waals surface area (Å²) in [6.45, 7) is 1.18. The number of methoxy groups -OCH3 is 1. The van der Waals surface area contributed by atoms with Gasteiger partial charge in [0.1, 0.15) is 17.9 Å². The standard InChI is InChI=1S/C12H15FO3/c1-15-4-2-3-5-16-12-7-10(9-14)6-11(13)8-12/h6-9H,2-5H2,1H3. The fourth-order valence-corrected chi connectivity index (χ4v) is 1.27. The molecule has 0 aliphatic carbocycles. The molecule has 0 saturated heterocycles. The molecular formula is C12H15FO3. The predicted octanol–water partition coefficient (Wildman–Crippen LogP) is 2.44. The van der Waals surface area contributed by atoms with Crippen LogP contribution in [0.1, 0.15) is 23.2 Å². The molecule has 16 heavy (non-hydrogen) atoms. The highest BCUT2D eigenvalue weighted by molar-refractivity contribution is 5.75. The molecule has 3 nitrogen and oxygen atoms in total. The number of ether oxygens (including phenoxy) is 2. The maximum absolute atomic E-state index is 13.0. The molecule has 0 amide bonds. The minimum Gasteiger partial charge on any atom is -0.493 e. The molecular weight excluding hydrogens is 211 g/mol. The molecule has 0 aromatic heterocycles. The van der Waals surface area contributed by atoms with E-state index in [2.05, 4.69) is 0 Å². The number of unbranched alkanes of at least 4 members (excludes halogenated alkanes) is 1. The Morgan fingerprint density at radius 2 is 2.00 bits per heavy atom. The second-order valence-electron chi connectivity index (χ2n) is 3.39. The number of benzene rings is 1. The zero-order valence-electron chi connectivity index (χ0n) is 9.24. The van der Waals surface area contributed by atoms with Crippen LogP contribution in [0.5, 0.6) is 5.75 Å². The Hall–Kier alpha value is -1.42. The number of carbonyl (C=O) groups is 1. The third-order valence-corrected chi connectivity index (χ3v) is 2.04. The number of rotatable bonds is 7. The number of hydrogen-bond donors (Lipinski definition) is 0. The van der Waals surface area contributed by atoms with Crippen LogP contribution in [-0.4, -0.2) is 26.6 Å². The van der Waals surface area contributed by atoms with Crippen LogP contribution < -0.4 is 4.74 Å². The number of carbonyl (C=O) groups excluding carboxylic acids is 1. The maximum atomic E-state index is 13.0. The highest BCUT2D eigenvalue weighted by Crippen LogP contribution is 2.15. The van der Waals surface area contributed by atoms with Crippen LogP contribution in [0, 0.1) is 5.82 Å². The van der Waals surface area contributed by atoms with Crippen LogP contribution in [0.3, 0.4) is 0 Å². The molecule has 0 aliphatic heterocycles. The van der Waals surface area contributed by atoms with Gasteiger partial charge >= 0.3 is 0 Å². The summed E-state index contributed by atoms with van der Waals surface area (Å²) in [6.07, 6.45) is 2.33. The average Bonchev–Trinajstić information content (AvgIpc) is 2.28. The van der Waals surface area contributed by atoms with Crippen LogP contribution in [0.15, 0.2) is 18.2 Å². The molecule has 1 aromatic rings. The largest absolute Gasteiger partial charge is 0.493 e. The summed E-state index contributed by atoms with van der Waals surface area (Å²) in [5.74, 6) is -0.0731. The number of hydrogen-bond acceptors (Lipinski definition) is 3. The van der Waals surface area contributed by atoms with Gasteiger partial charge in [0.25, 0.3) is 0 Å². The molecule has 4 heteroatoms. The van der Waals surface area contributed by atoms with E-state index in [1.165, 1.54) is 18.2 Å². The molecule has 1 rings (SSSR count). The Labute approximate surface area is 94.2 Å². The van der Waals surface area contributed by atoms with Gasteiger partial charge in [-0.1, -0.05) is 0 Å². The van der Waals surface area contributed by atoms with Gasteiger partial charge in [0.05, 0.1) is 6.61 Å². The lowest BCUT2D eigenvalue weighted by Gasteiger charge is -2.06. The second kappa shape index (κ2) is 6.95. The Bertz CT molecular complexity index is 339. The van der Waals surface area contributed by atoms with Crippen molar-refractivity contribution in [3.63, 3.8) is 0 Å². The van der Waals surface area contributed by atoms with Gasteiger partial charge in [-0.2, -0.15) is 0 Å². The normalized spacial score (nSPS) is 10.1. The monoisotopic (exact) mass is 226 g/mol. The van der Waals surface area contributed by atoms with Crippen LogP contribution in [-0.2, 0) is 4.74 Å². The Kier molecular flexibility index (Phi) is 5.50. The highest BCUT2D eigenvalue weighted by Gasteiger charge is 2.01. The minimum atomic E-state index is -0.462. The average molecular weight is 226 g/mol. The van der Waals surface area contributed by atoms with E-state index in [4.69, 9.17) is 9.47 Å². The summed E-state index contributed by atoms with van der Waals surface area (Å²) in [4.78, 5) is 10.5. The van der Waals surface area contributed by atoms with Crippen molar-refractivity contribution >= 4 is 6.29 Å². The van der Waals surface area contributed by atoms with Gasteiger partial charge in [-0.05, 0) is 25.0 Å². The molecule has 0 fully saturated rings. The second-order valence-corrected chi connectivity index (χ2v) is 3.39. The summed E-state index contributed by atoms with van der Waals surface area (Å²) < 4.78 is 23.2. The van der Waals surface area contributed by atoms with E-state index in [1.54, 1.807) is 7.11 Å². The first-order valence-corrected chi connectivity index (χ1v) is 5.14. The zero-order valence-corrected chi connectivity index (χ0v) is 9.24. The van der Waals surface area contributed by atoms with Crippen molar-refractivity contribution in [1.82, 2.24) is 0 Å². The lowest BCUT2D eigenvalue weighted by molar-refractivity contribution is 0.112. The Balaban J connectivity index is 2.41. The van der Waals surface area contributed by atoms with E-state index in [-0.39, 0.29) is 5.56 Å². The van der Waals surface area contributed by atoms with Crippen molar-refractivity contribution in [2.24, 2.45) is 0 Å². The summed E-state index contributed by atoms with van der Waals surface area (Å²) in [6, 6.07) is 3.96. The first-order chi connectivity index (χ1) is 7.76.